The molecule has 0 fully saturated rings. The topological polar surface area (TPSA) is 75.7 Å². The van der Waals surface area contributed by atoms with Gasteiger partial charge in [-0.25, -0.2) is 4.79 Å². The van der Waals surface area contributed by atoms with E-state index in [-0.39, 0.29) is 23.5 Å². The third-order valence-electron chi connectivity index (χ3n) is 4.40. The van der Waals surface area contributed by atoms with Crippen molar-refractivity contribution in [3.63, 3.8) is 0 Å². The fourth-order valence-electron chi connectivity index (χ4n) is 2.87. The predicted molar refractivity (Wildman–Crippen MR) is 121 cm³/mol. The van der Waals surface area contributed by atoms with E-state index in [2.05, 4.69) is 5.32 Å². The lowest BCUT2D eigenvalue weighted by molar-refractivity contribution is -0.111. The highest BCUT2D eigenvalue weighted by Gasteiger charge is 2.28. The number of carbonyl (C=O) groups excluding carboxylic acids is 3. The van der Waals surface area contributed by atoms with Crippen molar-refractivity contribution in [2.75, 3.05) is 18.4 Å². The minimum absolute atomic E-state index is 0.165. The molecule has 0 aliphatic carbocycles. The van der Waals surface area contributed by atoms with Gasteiger partial charge in [0.25, 0.3) is 5.91 Å². The van der Waals surface area contributed by atoms with Crippen molar-refractivity contribution in [1.29, 1.82) is 0 Å². The van der Waals surface area contributed by atoms with E-state index < -0.39 is 5.97 Å². The van der Waals surface area contributed by atoms with Gasteiger partial charge in [0.15, 0.2) is 0 Å². The first kappa shape index (κ1) is 23.3. The Bertz CT molecular complexity index is 928. The maximum Gasteiger partial charge on any atom is 0.341 e. The van der Waals surface area contributed by atoms with Gasteiger partial charge in [0.05, 0.1) is 16.5 Å². The maximum absolute atomic E-state index is 12.9. The quantitative estimate of drug-likeness (QED) is 0.486. The summed E-state index contributed by atoms with van der Waals surface area (Å²) in [6.45, 7) is 10.1. The van der Waals surface area contributed by atoms with E-state index in [1.165, 1.54) is 6.08 Å². The minimum Gasteiger partial charge on any atom is -0.459 e. The standard InChI is InChI=1S/C23H28N2O4S/c1-6-25(7-2)22(27)20-16(5)19(23(28)29-15(3)4)21(30-20)24-18(26)14-13-17-11-9-8-10-12-17/h8-15H,6-7H2,1-5H3,(H,24,26)/b14-13+. The third-order valence-corrected chi connectivity index (χ3v) is 5.60. The molecule has 6 nitrogen and oxygen atoms in total. The van der Waals surface area contributed by atoms with Crippen LogP contribution in [0.1, 0.15) is 58.9 Å². The lowest BCUT2D eigenvalue weighted by Gasteiger charge is -2.18. The van der Waals surface area contributed by atoms with E-state index in [0.29, 0.717) is 28.5 Å². The highest BCUT2D eigenvalue weighted by molar-refractivity contribution is 7.18. The van der Waals surface area contributed by atoms with Crippen LogP contribution in [-0.4, -0.2) is 41.9 Å². The maximum atomic E-state index is 12.9. The Hall–Kier alpha value is -2.93. The molecule has 1 aromatic carbocycles. The first-order chi connectivity index (χ1) is 14.3. The smallest absolute Gasteiger partial charge is 0.341 e. The molecule has 2 rings (SSSR count). The molecular formula is C23H28N2O4S. The summed E-state index contributed by atoms with van der Waals surface area (Å²) in [6, 6.07) is 9.42. The Balaban J connectivity index is 2.37. The van der Waals surface area contributed by atoms with Gasteiger partial charge in [-0.2, -0.15) is 0 Å². The highest BCUT2D eigenvalue weighted by atomic mass is 32.1. The first-order valence-corrected chi connectivity index (χ1v) is 10.8. The molecule has 1 heterocycles. The molecule has 0 aliphatic rings. The van der Waals surface area contributed by atoms with Crippen molar-refractivity contribution in [3.05, 3.63) is 58.0 Å². The zero-order chi connectivity index (χ0) is 22.3. The van der Waals surface area contributed by atoms with Crippen LogP contribution in [0.4, 0.5) is 5.00 Å². The summed E-state index contributed by atoms with van der Waals surface area (Å²) in [6.07, 6.45) is 2.76. The lowest BCUT2D eigenvalue weighted by atomic mass is 10.1. The Morgan fingerprint density at radius 2 is 1.77 bits per heavy atom. The molecule has 0 saturated carbocycles. The summed E-state index contributed by atoms with van der Waals surface area (Å²) in [5, 5.41) is 3.06. The number of anilines is 1. The molecule has 1 N–H and O–H groups in total. The van der Waals surface area contributed by atoms with Crippen LogP contribution in [0, 0.1) is 6.92 Å². The molecule has 0 unspecified atom stereocenters. The fourth-order valence-corrected chi connectivity index (χ4v) is 4.03. The van der Waals surface area contributed by atoms with Crippen LogP contribution in [0.2, 0.25) is 0 Å². The van der Waals surface area contributed by atoms with Crippen LogP contribution in [-0.2, 0) is 9.53 Å². The normalized spacial score (nSPS) is 11.0. The second-order valence-electron chi connectivity index (χ2n) is 6.93. The molecule has 0 spiro atoms. The van der Waals surface area contributed by atoms with Crippen LogP contribution < -0.4 is 5.32 Å². The molecule has 0 radical (unpaired) electrons. The van der Waals surface area contributed by atoms with E-state index in [4.69, 9.17) is 4.74 Å². The molecule has 0 saturated heterocycles. The van der Waals surface area contributed by atoms with E-state index in [9.17, 15) is 14.4 Å². The van der Waals surface area contributed by atoms with Gasteiger partial charge in [-0.3, -0.25) is 9.59 Å². The van der Waals surface area contributed by atoms with Gasteiger partial charge in [-0.1, -0.05) is 30.3 Å². The molecule has 2 amide bonds. The summed E-state index contributed by atoms with van der Waals surface area (Å²) < 4.78 is 5.35. The molecule has 2 aromatic rings. The average molecular weight is 429 g/mol. The number of hydrogen-bond donors (Lipinski definition) is 1. The van der Waals surface area contributed by atoms with Gasteiger partial charge in [0.1, 0.15) is 5.00 Å². The number of esters is 1. The summed E-state index contributed by atoms with van der Waals surface area (Å²) in [4.78, 5) is 40.2. The van der Waals surface area contributed by atoms with Gasteiger partial charge >= 0.3 is 5.97 Å². The molecule has 7 heteroatoms. The molecule has 1 aromatic heterocycles. The summed E-state index contributed by atoms with van der Waals surface area (Å²) in [5.41, 5.74) is 1.63. The van der Waals surface area contributed by atoms with Crippen LogP contribution in [0.5, 0.6) is 0 Å². The van der Waals surface area contributed by atoms with E-state index in [1.54, 1.807) is 31.7 Å². The van der Waals surface area contributed by atoms with Crippen LogP contribution in [0.15, 0.2) is 36.4 Å². The van der Waals surface area contributed by atoms with Gasteiger partial charge in [0.2, 0.25) is 5.91 Å². The Morgan fingerprint density at radius 3 is 2.33 bits per heavy atom. The molecule has 160 valence electrons. The van der Waals surface area contributed by atoms with Crippen LogP contribution in [0.3, 0.4) is 0 Å². The zero-order valence-electron chi connectivity index (χ0n) is 18.0. The van der Waals surface area contributed by atoms with Crippen molar-refractivity contribution < 1.29 is 19.1 Å². The molecule has 0 bridgehead atoms. The van der Waals surface area contributed by atoms with Crippen molar-refractivity contribution in [2.24, 2.45) is 0 Å². The van der Waals surface area contributed by atoms with E-state index in [1.807, 2.05) is 44.2 Å². The number of rotatable bonds is 8. The van der Waals surface area contributed by atoms with Gasteiger partial charge in [-0.05, 0) is 51.8 Å². The number of hydrogen-bond acceptors (Lipinski definition) is 5. The largest absolute Gasteiger partial charge is 0.459 e. The predicted octanol–water partition coefficient (Wildman–Crippen LogP) is 4.76. The Morgan fingerprint density at radius 1 is 1.13 bits per heavy atom. The monoisotopic (exact) mass is 428 g/mol. The summed E-state index contributed by atoms with van der Waals surface area (Å²) in [7, 11) is 0. The van der Waals surface area contributed by atoms with Crippen molar-refractivity contribution in [2.45, 2.75) is 40.7 Å². The fraction of sp³-hybridized carbons (Fsp3) is 0.348. The molecule has 0 atom stereocenters. The third kappa shape index (κ3) is 5.79. The number of benzene rings is 1. The number of ether oxygens (including phenoxy) is 1. The van der Waals surface area contributed by atoms with Crippen LogP contribution in [0.25, 0.3) is 6.08 Å². The first-order valence-electron chi connectivity index (χ1n) is 9.96. The van der Waals surface area contributed by atoms with Crippen molar-refractivity contribution >= 4 is 40.2 Å². The van der Waals surface area contributed by atoms with E-state index >= 15 is 0 Å². The molecular weight excluding hydrogens is 400 g/mol. The average Bonchev–Trinajstić information content (AvgIpc) is 3.03. The number of thiophene rings is 1. The number of carbonyl (C=O) groups is 3. The van der Waals surface area contributed by atoms with Gasteiger partial charge in [-0.15, -0.1) is 11.3 Å². The van der Waals surface area contributed by atoms with Crippen LogP contribution >= 0.6 is 11.3 Å². The summed E-state index contributed by atoms with van der Waals surface area (Å²) in [5.74, 6) is -1.11. The minimum atomic E-state index is -0.556. The molecule has 0 aliphatic heterocycles. The van der Waals surface area contributed by atoms with E-state index in [0.717, 1.165) is 16.9 Å². The lowest BCUT2D eigenvalue weighted by Crippen LogP contribution is -2.30. The number of amides is 2. The van der Waals surface area contributed by atoms with Crippen molar-refractivity contribution in [3.8, 4) is 0 Å². The summed E-state index contributed by atoms with van der Waals surface area (Å²) >= 11 is 1.10. The van der Waals surface area contributed by atoms with Crippen molar-refractivity contribution in [1.82, 2.24) is 4.90 Å². The van der Waals surface area contributed by atoms with Gasteiger partial charge < -0.3 is 15.0 Å². The molecule has 30 heavy (non-hydrogen) atoms. The number of nitrogens with one attached hydrogen (secondary N) is 1. The second kappa shape index (κ2) is 10.7. The van der Waals surface area contributed by atoms with Gasteiger partial charge in [0, 0.05) is 19.2 Å². The Kier molecular flexibility index (Phi) is 8.35. The SMILES string of the molecule is CCN(CC)C(=O)c1sc(NC(=O)/C=C/c2ccccc2)c(C(=O)OC(C)C)c1C. The highest BCUT2D eigenvalue weighted by Crippen LogP contribution is 2.35. The second-order valence-corrected chi connectivity index (χ2v) is 7.95. The Labute approximate surface area is 181 Å². The number of nitrogens with zero attached hydrogens (tertiary/aromatic N) is 1. The zero-order valence-corrected chi connectivity index (χ0v) is 18.8.